The molecule has 0 aliphatic rings. The number of carboxylic acid groups (broad SMARTS) is 1. The number of methoxy groups -OCH3 is 1. The van der Waals surface area contributed by atoms with Crippen molar-refractivity contribution in [1.29, 1.82) is 0 Å². The van der Waals surface area contributed by atoms with Gasteiger partial charge in [0.05, 0.1) is 13.7 Å². The van der Waals surface area contributed by atoms with E-state index < -0.39 is 17.8 Å². The number of ketones is 1. The third kappa shape index (κ3) is 5.99. The van der Waals surface area contributed by atoms with Crippen LogP contribution in [0.25, 0.3) is 0 Å². The third-order valence-electron chi connectivity index (χ3n) is 3.86. The van der Waals surface area contributed by atoms with Crippen LogP contribution in [0, 0.1) is 5.82 Å². The Kier molecular flexibility index (Phi) is 7.16. The first-order chi connectivity index (χ1) is 12.9. The molecule has 27 heavy (non-hydrogen) atoms. The van der Waals surface area contributed by atoms with Gasteiger partial charge in [-0.2, -0.15) is 0 Å². The summed E-state index contributed by atoms with van der Waals surface area (Å²) in [7, 11) is 1.42. The average Bonchev–Trinajstić information content (AvgIpc) is 2.63. The molecule has 0 saturated heterocycles. The molecule has 1 unspecified atom stereocenters. The number of ether oxygens (including phenoxy) is 2. The largest absolute Gasteiger partial charge is 0.496 e. The highest BCUT2D eigenvalue weighted by atomic mass is 19.1. The minimum atomic E-state index is -0.869. The van der Waals surface area contributed by atoms with Crippen LogP contribution in [0.1, 0.15) is 31.4 Å². The fraction of sp³-hybridized carbons (Fsp3) is 0.300. The van der Waals surface area contributed by atoms with Gasteiger partial charge >= 0.3 is 5.97 Å². The van der Waals surface area contributed by atoms with E-state index in [-0.39, 0.29) is 24.6 Å². The van der Waals surface area contributed by atoms with Gasteiger partial charge in [0.2, 0.25) is 0 Å². The Balaban J connectivity index is 2.14. The van der Waals surface area contributed by atoms with Crippen molar-refractivity contribution in [3.8, 4) is 11.5 Å². The molecule has 0 aliphatic heterocycles. The molecule has 0 heterocycles. The predicted molar refractivity (Wildman–Crippen MR) is 98.8 cm³/mol. The van der Waals surface area contributed by atoms with Crippen molar-refractivity contribution in [1.82, 2.24) is 0 Å². The molecule has 6 nitrogen and oxygen atoms in total. The molecule has 0 amide bonds. The van der Waals surface area contributed by atoms with E-state index >= 15 is 0 Å². The normalized spacial score (nSPS) is 11.5. The van der Waals surface area contributed by atoms with Crippen LogP contribution in [0.5, 0.6) is 11.5 Å². The molecule has 2 rings (SSSR count). The molecule has 0 fully saturated rings. The lowest BCUT2D eigenvalue weighted by molar-refractivity contribution is -0.137. The zero-order valence-corrected chi connectivity index (χ0v) is 15.2. The first-order valence-corrected chi connectivity index (χ1v) is 8.45. The molecular formula is C20H22FNO5. The second kappa shape index (κ2) is 9.56. The van der Waals surface area contributed by atoms with Gasteiger partial charge in [-0.3, -0.25) is 9.59 Å². The van der Waals surface area contributed by atoms with E-state index in [1.807, 2.05) is 0 Å². The molecule has 144 valence electrons. The van der Waals surface area contributed by atoms with Crippen molar-refractivity contribution in [3.63, 3.8) is 0 Å². The van der Waals surface area contributed by atoms with Gasteiger partial charge in [0.15, 0.2) is 5.78 Å². The van der Waals surface area contributed by atoms with Gasteiger partial charge in [0.25, 0.3) is 0 Å². The standard InChI is InChI=1S/C20H22FNO5/c1-13(23)20(17-9-8-14(21)11-18(17)26-2)22-15-5-3-6-16(12-15)27-10-4-7-19(24)25/h3,5-6,8-9,11-12,20,22H,4,7,10H2,1-2H3,(H,24,25). The van der Waals surface area contributed by atoms with E-state index in [0.29, 0.717) is 23.4 Å². The number of hydrogen-bond donors (Lipinski definition) is 2. The van der Waals surface area contributed by atoms with Gasteiger partial charge in [0, 0.05) is 29.8 Å². The maximum Gasteiger partial charge on any atom is 0.303 e. The van der Waals surface area contributed by atoms with Gasteiger partial charge in [-0.15, -0.1) is 0 Å². The van der Waals surface area contributed by atoms with Gasteiger partial charge < -0.3 is 19.9 Å². The molecule has 2 aromatic rings. The number of anilines is 1. The highest BCUT2D eigenvalue weighted by Gasteiger charge is 2.21. The molecule has 7 heteroatoms. The van der Waals surface area contributed by atoms with Crippen molar-refractivity contribution in [2.24, 2.45) is 0 Å². The van der Waals surface area contributed by atoms with Crippen LogP contribution < -0.4 is 14.8 Å². The van der Waals surface area contributed by atoms with Crippen LogP contribution in [0.2, 0.25) is 0 Å². The molecule has 2 aromatic carbocycles. The number of carbonyl (C=O) groups excluding carboxylic acids is 1. The number of halogens is 1. The van der Waals surface area contributed by atoms with Crippen LogP contribution in [-0.2, 0) is 9.59 Å². The smallest absolute Gasteiger partial charge is 0.303 e. The van der Waals surface area contributed by atoms with Crippen LogP contribution in [-0.4, -0.2) is 30.6 Å². The predicted octanol–water partition coefficient (Wildman–Crippen LogP) is 3.82. The average molecular weight is 375 g/mol. The van der Waals surface area contributed by atoms with Crippen molar-refractivity contribution in [2.45, 2.75) is 25.8 Å². The van der Waals surface area contributed by atoms with E-state index in [4.69, 9.17) is 14.6 Å². The van der Waals surface area contributed by atoms with Crippen LogP contribution in [0.3, 0.4) is 0 Å². The van der Waals surface area contributed by atoms with Gasteiger partial charge in [0.1, 0.15) is 23.4 Å². The van der Waals surface area contributed by atoms with Crippen molar-refractivity contribution in [2.75, 3.05) is 19.0 Å². The summed E-state index contributed by atoms with van der Waals surface area (Å²) in [5, 5.41) is 11.8. The molecule has 1 atom stereocenters. The lowest BCUT2D eigenvalue weighted by Crippen LogP contribution is -2.19. The minimum Gasteiger partial charge on any atom is -0.496 e. The van der Waals surface area contributed by atoms with E-state index in [1.54, 1.807) is 24.3 Å². The fourth-order valence-corrected chi connectivity index (χ4v) is 2.58. The highest BCUT2D eigenvalue weighted by molar-refractivity contribution is 5.86. The maximum absolute atomic E-state index is 13.4. The van der Waals surface area contributed by atoms with Crippen molar-refractivity contribution >= 4 is 17.4 Å². The van der Waals surface area contributed by atoms with E-state index in [1.165, 1.54) is 32.2 Å². The van der Waals surface area contributed by atoms with Crippen LogP contribution in [0.15, 0.2) is 42.5 Å². The Morgan fingerprint density at radius 2 is 2.00 bits per heavy atom. The Morgan fingerprint density at radius 1 is 1.22 bits per heavy atom. The summed E-state index contributed by atoms with van der Waals surface area (Å²) in [5.41, 5.74) is 1.16. The van der Waals surface area contributed by atoms with Crippen LogP contribution >= 0.6 is 0 Å². The van der Waals surface area contributed by atoms with E-state index in [0.717, 1.165) is 0 Å². The summed E-state index contributed by atoms with van der Waals surface area (Å²) in [6.45, 7) is 1.71. The third-order valence-corrected chi connectivity index (χ3v) is 3.86. The fourth-order valence-electron chi connectivity index (χ4n) is 2.58. The number of Topliss-reactive ketones (excluding diaryl/α,β-unsaturated/α-hetero) is 1. The zero-order valence-electron chi connectivity index (χ0n) is 15.2. The number of benzene rings is 2. The number of hydrogen-bond acceptors (Lipinski definition) is 5. The zero-order chi connectivity index (χ0) is 19.8. The lowest BCUT2D eigenvalue weighted by atomic mass is 10.0. The minimum absolute atomic E-state index is 0.0364. The van der Waals surface area contributed by atoms with Crippen LogP contribution in [0.4, 0.5) is 10.1 Å². The van der Waals surface area contributed by atoms with Gasteiger partial charge in [-0.25, -0.2) is 4.39 Å². The number of carboxylic acids is 1. The highest BCUT2D eigenvalue weighted by Crippen LogP contribution is 2.30. The summed E-state index contributed by atoms with van der Waals surface area (Å²) in [6.07, 6.45) is 0.435. The summed E-state index contributed by atoms with van der Waals surface area (Å²) >= 11 is 0. The topological polar surface area (TPSA) is 84.9 Å². The van der Waals surface area contributed by atoms with E-state index in [2.05, 4.69) is 5.32 Å². The first kappa shape index (κ1) is 20.2. The monoisotopic (exact) mass is 375 g/mol. The Labute approximate surface area is 156 Å². The lowest BCUT2D eigenvalue weighted by Gasteiger charge is -2.20. The van der Waals surface area contributed by atoms with E-state index in [9.17, 15) is 14.0 Å². The SMILES string of the molecule is COc1cc(F)ccc1C(Nc1cccc(OCCCC(=O)O)c1)C(C)=O. The molecule has 0 aliphatic carbocycles. The summed E-state index contributed by atoms with van der Waals surface area (Å²) < 4.78 is 24.2. The molecule has 0 bridgehead atoms. The summed E-state index contributed by atoms with van der Waals surface area (Å²) in [4.78, 5) is 22.7. The molecule has 0 aromatic heterocycles. The molecular weight excluding hydrogens is 353 g/mol. The molecule has 0 saturated carbocycles. The first-order valence-electron chi connectivity index (χ1n) is 8.45. The number of carbonyl (C=O) groups is 2. The second-order valence-corrected chi connectivity index (χ2v) is 5.95. The molecule has 2 N–H and O–H groups in total. The maximum atomic E-state index is 13.4. The summed E-state index contributed by atoms with van der Waals surface area (Å²) in [6, 6.07) is 10.3. The van der Waals surface area contributed by atoms with Crippen molar-refractivity contribution < 1.29 is 28.6 Å². The quantitative estimate of drug-likeness (QED) is 0.614. The Hall–Kier alpha value is -3.09. The molecule has 0 spiro atoms. The number of aliphatic carboxylic acids is 1. The van der Waals surface area contributed by atoms with Gasteiger partial charge in [-0.05, 0) is 37.6 Å². The summed E-state index contributed by atoms with van der Waals surface area (Å²) in [5.74, 6) is -0.642. The Bertz CT molecular complexity index is 809. The van der Waals surface area contributed by atoms with Crippen molar-refractivity contribution in [3.05, 3.63) is 53.8 Å². The van der Waals surface area contributed by atoms with Gasteiger partial charge in [-0.1, -0.05) is 6.07 Å². The second-order valence-electron chi connectivity index (χ2n) is 5.95. The Morgan fingerprint density at radius 3 is 2.67 bits per heavy atom. The molecule has 0 radical (unpaired) electrons. The number of rotatable bonds is 10. The number of nitrogens with one attached hydrogen (secondary N) is 1.